The van der Waals surface area contributed by atoms with E-state index in [-0.39, 0.29) is 29.2 Å². The Labute approximate surface area is 175 Å². The number of non-ortho nitro benzene ring substituents is 1. The highest BCUT2D eigenvalue weighted by atomic mass is 31.2. The highest BCUT2D eigenvalue weighted by Crippen LogP contribution is 2.45. The summed E-state index contributed by atoms with van der Waals surface area (Å²) >= 11 is 0. The third-order valence-corrected chi connectivity index (χ3v) is 5.20. The van der Waals surface area contributed by atoms with Crippen LogP contribution >= 0.6 is 7.75 Å². The predicted molar refractivity (Wildman–Crippen MR) is 111 cm³/mol. The van der Waals surface area contributed by atoms with E-state index in [2.05, 4.69) is 5.09 Å². The average molecular weight is 436 g/mol. The second-order valence-corrected chi connectivity index (χ2v) is 9.38. The second-order valence-electron chi connectivity index (χ2n) is 7.76. The lowest BCUT2D eigenvalue weighted by molar-refractivity contribution is -0.384. The molecule has 0 aliphatic rings. The van der Waals surface area contributed by atoms with Gasteiger partial charge >= 0.3 is 13.7 Å². The minimum Gasteiger partial charge on any atom is -0.464 e. The van der Waals surface area contributed by atoms with Gasteiger partial charge in [0.25, 0.3) is 5.69 Å². The van der Waals surface area contributed by atoms with Gasteiger partial charge in [0.1, 0.15) is 17.5 Å². The van der Waals surface area contributed by atoms with E-state index in [1.54, 1.807) is 30.3 Å². The molecule has 0 saturated heterocycles. The molecular weight excluding hydrogens is 411 g/mol. The number of hydrogen-bond acceptors (Lipinski definition) is 7. The Bertz CT molecular complexity index is 911. The van der Waals surface area contributed by atoms with Gasteiger partial charge < -0.3 is 13.8 Å². The topological polar surface area (TPSA) is 117 Å². The molecule has 0 aliphatic carbocycles. The van der Waals surface area contributed by atoms with Crippen LogP contribution in [0.4, 0.5) is 5.69 Å². The van der Waals surface area contributed by atoms with Crippen LogP contribution in [0.25, 0.3) is 0 Å². The first-order valence-corrected chi connectivity index (χ1v) is 10.7. The molecule has 30 heavy (non-hydrogen) atoms. The third kappa shape index (κ3) is 7.50. The van der Waals surface area contributed by atoms with E-state index in [9.17, 15) is 19.5 Å². The normalized spacial score (nSPS) is 14.3. The Balaban J connectivity index is 2.19. The molecule has 2 unspecified atom stereocenters. The number of hydrogen-bond donors (Lipinski definition) is 1. The van der Waals surface area contributed by atoms with Crippen molar-refractivity contribution in [3.8, 4) is 11.5 Å². The van der Waals surface area contributed by atoms with Crippen LogP contribution in [0.2, 0.25) is 0 Å². The molecule has 0 amide bonds. The molecule has 9 nitrogen and oxygen atoms in total. The maximum absolute atomic E-state index is 13.4. The number of ether oxygens (including phenoxy) is 1. The molecular formula is C20H25N2O7P. The summed E-state index contributed by atoms with van der Waals surface area (Å²) in [5.41, 5.74) is -0.372. The SMILES string of the molecule is CC(NP(=O)(Oc1ccccc1)Oc1ccc([N+](=O)[O-])cc1)C(=O)OCC(C)(C)C. The quantitative estimate of drug-likeness (QED) is 0.260. The summed E-state index contributed by atoms with van der Waals surface area (Å²) in [6, 6.07) is 12.3. The van der Waals surface area contributed by atoms with E-state index in [0.29, 0.717) is 0 Å². The number of esters is 1. The van der Waals surface area contributed by atoms with Gasteiger partial charge in [-0.1, -0.05) is 39.0 Å². The maximum atomic E-state index is 13.4. The largest absolute Gasteiger partial charge is 0.513 e. The minimum absolute atomic E-state index is 0.0719. The van der Waals surface area contributed by atoms with Gasteiger partial charge in [0.05, 0.1) is 11.5 Å². The Hall–Kier alpha value is -2.90. The highest BCUT2D eigenvalue weighted by molar-refractivity contribution is 7.52. The van der Waals surface area contributed by atoms with E-state index in [1.165, 1.54) is 31.2 Å². The van der Waals surface area contributed by atoms with E-state index in [1.807, 2.05) is 20.8 Å². The summed E-state index contributed by atoms with van der Waals surface area (Å²) < 4.78 is 29.7. The van der Waals surface area contributed by atoms with Crippen LogP contribution in [0, 0.1) is 15.5 Å². The molecule has 0 heterocycles. The lowest BCUT2D eigenvalue weighted by Crippen LogP contribution is -2.37. The van der Waals surface area contributed by atoms with Crippen molar-refractivity contribution in [1.29, 1.82) is 0 Å². The zero-order chi connectivity index (χ0) is 22.4. The van der Waals surface area contributed by atoms with Crippen LogP contribution in [-0.4, -0.2) is 23.5 Å². The van der Waals surface area contributed by atoms with Gasteiger partial charge in [-0.2, -0.15) is 5.09 Å². The Morgan fingerprint density at radius 3 is 2.10 bits per heavy atom. The van der Waals surface area contributed by atoms with Crippen molar-refractivity contribution >= 4 is 19.4 Å². The zero-order valence-electron chi connectivity index (χ0n) is 17.2. The van der Waals surface area contributed by atoms with Crippen LogP contribution in [0.5, 0.6) is 11.5 Å². The van der Waals surface area contributed by atoms with Gasteiger partial charge in [-0.15, -0.1) is 0 Å². The molecule has 0 saturated carbocycles. The van der Waals surface area contributed by atoms with Gasteiger partial charge in [-0.05, 0) is 36.6 Å². The average Bonchev–Trinajstić information content (AvgIpc) is 2.66. The molecule has 0 bridgehead atoms. The number of nitrogens with zero attached hydrogens (tertiary/aromatic N) is 1. The van der Waals surface area contributed by atoms with Gasteiger partial charge in [-0.3, -0.25) is 14.9 Å². The van der Waals surface area contributed by atoms with Crippen LogP contribution in [0.15, 0.2) is 54.6 Å². The first-order chi connectivity index (χ1) is 14.0. The number of carbonyl (C=O) groups is 1. The number of para-hydroxylation sites is 1. The fourth-order valence-corrected chi connectivity index (χ4v) is 3.68. The van der Waals surface area contributed by atoms with E-state index in [4.69, 9.17) is 13.8 Å². The highest BCUT2D eigenvalue weighted by Gasteiger charge is 2.34. The number of nitrogens with one attached hydrogen (secondary N) is 1. The van der Waals surface area contributed by atoms with Gasteiger partial charge in [-0.25, -0.2) is 4.57 Å². The molecule has 2 atom stereocenters. The fourth-order valence-electron chi connectivity index (χ4n) is 2.16. The number of nitro groups is 1. The molecule has 1 N–H and O–H groups in total. The Morgan fingerprint density at radius 1 is 1.07 bits per heavy atom. The van der Waals surface area contributed by atoms with Crippen LogP contribution < -0.4 is 14.1 Å². The van der Waals surface area contributed by atoms with Crippen molar-refractivity contribution in [3.05, 3.63) is 64.7 Å². The monoisotopic (exact) mass is 436 g/mol. The van der Waals surface area contributed by atoms with Crippen molar-refractivity contribution in [2.24, 2.45) is 5.41 Å². The molecule has 0 radical (unpaired) electrons. The first kappa shape index (κ1) is 23.4. The summed E-state index contributed by atoms with van der Waals surface area (Å²) in [6.07, 6.45) is 0. The molecule has 0 fully saturated rings. The molecule has 2 aromatic rings. The van der Waals surface area contributed by atoms with Crippen molar-refractivity contribution in [2.45, 2.75) is 33.7 Å². The summed E-state index contributed by atoms with van der Waals surface area (Å²) in [5, 5.41) is 13.4. The van der Waals surface area contributed by atoms with Crippen molar-refractivity contribution in [1.82, 2.24) is 5.09 Å². The fraction of sp³-hybridized carbons (Fsp3) is 0.350. The number of benzene rings is 2. The third-order valence-electron chi connectivity index (χ3n) is 3.59. The van der Waals surface area contributed by atoms with Gasteiger partial charge in [0.15, 0.2) is 0 Å². The number of nitro benzene ring substituents is 1. The first-order valence-electron chi connectivity index (χ1n) is 9.21. The van der Waals surface area contributed by atoms with E-state index < -0.39 is 24.7 Å². The molecule has 0 spiro atoms. The molecule has 0 aromatic heterocycles. The minimum atomic E-state index is -4.10. The summed E-state index contributed by atoms with van der Waals surface area (Å²) in [4.78, 5) is 22.6. The summed E-state index contributed by atoms with van der Waals surface area (Å²) in [7, 11) is -4.10. The standard InChI is InChI=1S/C20H25N2O7P/c1-15(19(23)27-14-20(2,3)4)21-30(26,28-17-8-6-5-7-9-17)29-18-12-10-16(11-13-18)22(24)25/h5-13,15H,14H2,1-4H3,(H,21,26). The lowest BCUT2D eigenvalue weighted by atomic mass is 9.99. The smallest absolute Gasteiger partial charge is 0.464 e. The molecule has 10 heteroatoms. The lowest BCUT2D eigenvalue weighted by Gasteiger charge is -2.24. The van der Waals surface area contributed by atoms with Crippen molar-refractivity contribution < 1.29 is 28.1 Å². The number of carbonyl (C=O) groups excluding carboxylic acids is 1. The van der Waals surface area contributed by atoms with Crippen molar-refractivity contribution in [2.75, 3.05) is 6.61 Å². The summed E-state index contributed by atoms with van der Waals surface area (Å²) in [5.74, 6) is -0.290. The molecule has 0 aliphatic heterocycles. The van der Waals surface area contributed by atoms with E-state index in [0.717, 1.165) is 0 Å². The van der Waals surface area contributed by atoms with Crippen LogP contribution in [-0.2, 0) is 14.1 Å². The van der Waals surface area contributed by atoms with Crippen LogP contribution in [0.1, 0.15) is 27.7 Å². The van der Waals surface area contributed by atoms with Gasteiger partial charge in [0, 0.05) is 12.1 Å². The molecule has 162 valence electrons. The molecule has 2 aromatic carbocycles. The molecule has 2 rings (SSSR count). The predicted octanol–water partition coefficient (Wildman–Crippen LogP) is 4.73. The maximum Gasteiger partial charge on any atom is 0.513 e. The summed E-state index contributed by atoms with van der Waals surface area (Å²) in [6.45, 7) is 7.41. The zero-order valence-corrected chi connectivity index (χ0v) is 18.1. The van der Waals surface area contributed by atoms with E-state index >= 15 is 0 Å². The van der Waals surface area contributed by atoms with Gasteiger partial charge in [0.2, 0.25) is 0 Å². The Morgan fingerprint density at radius 2 is 1.60 bits per heavy atom. The Kier molecular flexibility index (Phi) is 7.59. The second kappa shape index (κ2) is 9.73. The number of rotatable bonds is 9. The van der Waals surface area contributed by atoms with Crippen LogP contribution in [0.3, 0.4) is 0 Å². The van der Waals surface area contributed by atoms with Crippen molar-refractivity contribution in [3.63, 3.8) is 0 Å².